The molecule has 1 aromatic carbocycles. The van der Waals surface area contributed by atoms with Gasteiger partial charge in [-0.25, -0.2) is 4.39 Å². The van der Waals surface area contributed by atoms with Gasteiger partial charge in [-0.2, -0.15) is 5.10 Å². The highest BCUT2D eigenvalue weighted by atomic mass is 19.1. The molecule has 2 N–H and O–H groups in total. The van der Waals surface area contributed by atoms with Gasteiger partial charge in [-0.15, -0.1) is 0 Å². The third-order valence-electron chi connectivity index (χ3n) is 2.77. The number of halogens is 1. The van der Waals surface area contributed by atoms with Crippen molar-refractivity contribution in [2.24, 2.45) is 5.73 Å². The van der Waals surface area contributed by atoms with Gasteiger partial charge in [0.2, 0.25) is 0 Å². The fourth-order valence-electron chi connectivity index (χ4n) is 1.89. The van der Waals surface area contributed by atoms with Crippen molar-refractivity contribution in [3.8, 4) is 0 Å². The molecule has 0 fully saturated rings. The largest absolute Gasteiger partial charge is 0.326 e. The smallest absolute Gasteiger partial charge is 0.127 e. The van der Waals surface area contributed by atoms with Gasteiger partial charge in [-0.3, -0.25) is 4.68 Å². The van der Waals surface area contributed by atoms with Gasteiger partial charge in [0.25, 0.3) is 0 Å². The van der Waals surface area contributed by atoms with Crippen LogP contribution in [0.4, 0.5) is 4.39 Å². The summed E-state index contributed by atoms with van der Waals surface area (Å²) in [7, 11) is 0. The molecule has 2 rings (SSSR count). The lowest BCUT2D eigenvalue weighted by atomic mass is 10.1. The first kappa shape index (κ1) is 11.8. The van der Waals surface area contributed by atoms with Crippen molar-refractivity contribution >= 4 is 0 Å². The standard InChI is InChI=1S/C13H16FN3/c1-9-5-10(2)17(16-9)8-11-3-4-13(14)12(6-11)7-15/h3-6H,7-8,15H2,1-2H3. The Kier molecular flexibility index (Phi) is 3.24. The second kappa shape index (κ2) is 4.67. The van der Waals surface area contributed by atoms with Crippen LogP contribution in [0.25, 0.3) is 0 Å². The maximum absolute atomic E-state index is 13.3. The van der Waals surface area contributed by atoms with Gasteiger partial charge >= 0.3 is 0 Å². The summed E-state index contributed by atoms with van der Waals surface area (Å²) in [5.41, 5.74) is 9.13. The van der Waals surface area contributed by atoms with Crippen molar-refractivity contribution in [3.05, 3.63) is 52.6 Å². The minimum absolute atomic E-state index is 0.219. The minimum Gasteiger partial charge on any atom is -0.326 e. The molecule has 0 radical (unpaired) electrons. The van der Waals surface area contributed by atoms with Crippen LogP contribution >= 0.6 is 0 Å². The van der Waals surface area contributed by atoms with Crippen molar-refractivity contribution in [2.75, 3.05) is 0 Å². The first-order valence-corrected chi connectivity index (χ1v) is 5.58. The summed E-state index contributed by atoms with van der Waals surface area (Å²) in [6.45, 7) is 4.83. The topological polar surface area (TPSA) is 43.8 Å². The van der Waals surface area contributed by atoms with Crippen LogP contribution in [0.15, 0.2) is 24.3 Å². The first-order chi connectivity index (χ1) is 8.10. The molecule has 2 aromatic rings. The molecule has 0 bridgehead atoms. The van der Waals surface area contributed by atoms with Gasteiger partial charge < -0.3 is 5.73 Å². The first-order valence-electron chi connectivity index (χ1n) is 5.58. The second-order valence-electron chi connectivity index (χ2n) is 4.21. The number of nitrogens with zero attached hydrogens (tertiary/aromatic N) is 2. The van der Waals surface area contributed by atoms with Crippen LogP contribution in [-0.4, -0.2) is 9.78 Å². The molecule has 0 unspecified atom stereocenters. The van der Waals surface area contributed by atoms with E-state index in [-0.39, 0.29) is 12.4 Å². The molecule has 0 aliphatic carbocycles. The SMILES string of the molecule is Cc1cc(C)n(Cc2ccc(F)c(CN)c2)n1. The van der Waals surface area contributed by atoms with Gasteiger partial charge in [0.05, 0.1) is 12.2 Å². The van der Waals surface area contributed by atoms with E-state index >= 15 is 0 Å². The van der Waals surface area contributed by atoms with E-state index in [9.17, 15) is 4.39 Å². The lowest BCUT2D eigenvalue weighted by molar-refractivity contribution is 0.606. The Morgan fingerprint density at radius 3 is 2.65 bits per heavy atom. The van der Waals surface area contributed by atoms with E-state index in [1.54, 1.807) is 12.1 Å². The molecular weight excluding hydrogens is 217 g/mol. The highest BCUT2D eigenvalue weighted by molar-refractivity contribution is 5.25. The number of aromatic nitrogens is 2. The van der Waals surface area contributed by atoms with Crippen molar-refractivity contribution in [1.82, 2.24) is 9.78 Å². The highest BCUT2D eigenvalue weighted by Crippen LogP contribution is 2.12. The van der Waals surface area contributed by atoms with Crippen molar-refractivity contribution in [3.63, 3.8) is 0 Å². The Bertz CT molecular complexity index is 531. The molecule has 3 nitrogen and oxygen atoms in total. The van der Waals surface area contributed by atoms with Crippen LogP contribution in [0.3, 0.4) is 0 Å². The Labute approximate surface area is 100 Å². The number of aryl methyl sites for hydroxylation is 2. The third-order valence-corrected chi connectivity index (χ3v) is 2.77. The zero-order valence-corrected chi connectivity index (χ0v) is 10.1. The van der Waals surface area contributed by atoms with Crippen LogP contribution in [-0.2, 0) is 13.1 Å². The number of rotatable bonds is 3. The molecule has 0 amide bonds. The van der Waals surface area contributed by atoms with Crippen LogP contribution in [0, 0.1) is 19.7 Å². The summed E-state index contributed by atoms with van der Waals surface area (Å²) in [5.74, 6) is -0.246. The molecule has 0 spiro atoms. The van der Waals surface area contributed by atoms with E-state index < -0.39 is 0 Å². The molecule has 0 aliphatic heterocycles. The van der Waals surface area contributed by atoms with E-state index in [1.165, 1.54) is 6.07 Å². The minimum atomic E-state index is -0.246. The van der Waals surface area contributed by atoms with Crippen molar-refractivity contribution in [2.45, 2.75) is 26.9 Å². The molecule has 0 saturated carbocycles. The zero-order chi connectivity index (χ0) is 12.4. The second-order valence-corrected chi connectivity index (χ2v) is 4.21. The molecule has 0 saturated heterocycles. The van der Waals surface area contributed by atoms with E-state index in [4.69, 9.17) is 5.73 Å². The molecule has 0 atom stereocenters. The molecular formula is C13H16FN3. The maximum atomic E-state index is 13.3. The number of hydrogen-bond donors (Lipinski definition) is 1. The number of nitrogens with two attached hydrogens (primary N) is 1. The number of benzene rings is 1. The van der Waals surface area contributed by atoms with E-state index in [2.05, 4.69) is 5.10 Å². The Balaban J connectivity index is 2.27. The monoisotopic (exact) mass is 233 g/mol. The Morgan fingerprint density at radius 2 is 2.06 bits per heavy atom. The summed E-state index contributed by atoms with van der Waals surface area (Å²) in [6.07, 6.45) is 0. The van der Waals surface area contributed by atoms with Crippen LogP contribution in [0.2, 0.25) is 0 Å². The normalized spacial score (nSPS) is 10.8. The molecule has 4 heteroatoms. The summed E-state index contributed by atoms with van der Waals surface area (Å²) in [6, 6.07) is 7.05. The molecule has 17 heavy (non-hydrogen) atoms. The zero-order valence-electron chi connectivity index (χ0n) is 10.1. The number of hydrogen-bond acceptors (Lipinski definition) is 2. The van der Waals surface area contributed by atoms with Crippen LogP contribution in [0.1, 0.15) is 22.5 Å². The molecule has 1 aromatic heterocycles. The van der Waals surface area contributed by atoms with Crippen LogP contribution < -0.4 is 5.73 Å². The summed E-state index contributed by atoms with van der Waals surface area (Å²) >= 11 is 0. The fraction of sp³-hybridized carbons (Fsp3) is 0.308. The van der Waals surface area contributed by atoms with Crippen LogP contribution in [0.5, 0.6) is 0 Å². The van der Waals surface area contributed by atoms with Gasteiger partial charge in [0.15, 0.2) is 0 Å². The van der Waals surface area contributed by atoms with E-state index in [0.717, 1.165) is 17.0 Å². The fourth-order valence-corrected chi connectivity index (χ4v) is 1.89. The van der Waals surface area contributed by atoms with Gasteiger partial charge in [-0.1, -0.05) is 6.07 Å². The average Bonchev–Trinajstić information content (AvgIpc) is 2.60. The maximum Gasteiger partial charge on any atom is 0.127 e. The summed E-state index contributed by atoms with van der Waals surface area (Å²) < 4.78 is 15.2. The van der Waals surface area contributed by atoms with Gasteiger partial charge in [0.1, 0.15) is 5.82 Å². The predicted octanol–water partition coefficient (Wildman–Crippen LogP) is 2.15. The van der Waals surface area contributed by atoms with Crippen molar-refractivity contribution in [1.29, 1.82) is 0 Å². The Hall–Kier alpha value is -1.68. The molecule has 1 heterocycles. The third kappa shape index (κ3) is 2.53. The Morgan fingerprint density at radius 1 is 1.29 bits per heavy atom. The molecule has 90 valence electrons. The average molecular weight is 233 g/mol. The lowest BCUT2D eigenvalue weighted by Gasteiger charge is -2.07. The highest BCUT2D eigenvalue weighted by Gasteiger charge is 2.05. The predicted molar refractivity (Wildman–Crippen MR) is 65.1 cm³/mol. The van der Waals surface area contributed by atoms with Gasteiger partial charge in [-0.05, 0) is 37.6 Å². The van der Waals surface area contributed by atoms with Crippen molar-refractivity contribution < 1.29 is 4.39 Å². The summed E-state index contributed by atoms with van der Waals surface area (Å²) in [4.78, 5) is 0. The summed E-state index contributed by atoms with van der Waals surface area (Å²) in [5, 5.41) is 4.38. The quantitative estimate of drug-likeness (QED) is 0.882. The molecule has 0 aliphatic rings. The lowest BCUT2D eigenvalue weighted by Crippen LogP contribution is -2.06. The van der Waals surface area contributed by atoms with E-state index in [1.807, 2.05) is 24.6 Å². The van der Waals surface area contributed by atoms with Gasteiger partial charge in [0, 0.05) is 17.8 Å². The van der Waals surface area contributed by atoms with E-state index in [0.29, 0.717) is 12.1 Å².